The zero-order valence-electron chi connectivity index (χ0n) is 17.9. The average Bonchev–Trinajstić information content (AvgIpc) is 3.23. The lowest BCUT2D eigenvalue weighted by Crippen LogP contribution is -2.29. The average molecular weight is 471 g/mol. The summed E-state index contributed by atoms with van der Waals surface area (Å²) in [5.41, 5.74) is 3.86. The van der Waals surface area contributed by atoms with Gasteiger partial charge in [0, 0.05) is 28.7 Å². The fraction of sp³-hybridized carbons (Fsp3) is 0.304. The SMILES string of the molecule is CS(=O)(=O)Nc1ccc(-c2csc(NC(=O)c3ccc(CN4CCCCC4)cc3)n2)cc1. The van der Waals surface area contributed by atoms with Crippen molar-refractivity contribution in [2.75, 3.05) is 29.4 Å². The maximum absolute atomic E-state index is 12.6. The molecule has 168 valence electrons. The zero-order valence-corrected chi connectivity index (χ0v) is 19.5. The third-order valence-corrected chi connectivity index (χ3v) is 6.64. The number of nitrogens with one attached hydrogen (secondary N) is 2. The number of hydrogen-bond acceptors (Lipinski definition) is 6. The molecule has 32 heavy (non-hydrogen) atoms. The van der Waals surface area contributed by atoms with Crippen LogP contribution in [0.1, 0.15) is 35.2 Å². The van der Waals surface area contributed by atoms with E-state index in [-0.39, 0.29) is 5.91 Å². The second-order valence-corrected chi connectivity index (χ2v) is 10.6. The molecule has 4 rings (SSSR count). The number of carbonyl (C=O) groups excluding carboxylic acids is 1. The van der Waals surface area contributed by atoms with Crippen LogP contribution in [0.3, 0.4) is 0 Å². The van der Waals surface area contributed by atoms with E-state index in [0.717, 1.165) is 31.5 Å². The summed E-state index contributed by atoms with van der Waals surface area (Å²) in [5.74, 6) is -0.192. The smallest absolute Gasteiger partial charge is 0.257 e. The quantitative estimate of drug-likeness (QED) is 0.533. The van der Waals surface area contributed by atoms with E-state index in [4.69, 9.17) is 0 Å². The second-order valence-electron chi connectivity index (χ2n) is 7.98. The van der Waals surface area contributed by atoms with Crippen molar-refractivity contribution in [3.05, 3.63) is 65.0 Å². The van der Waals surface area contributed by atoms with Crippen LogP contribution in [0, 0.1) is 0 Å². The van der Waals surface area contributed by atoms with E-state index in [2.05, 4.69) is 19.9 Å². The number of likely N-dealkylation sites (tertiary alicyclic amines) is 1. The van der Waals surface area contributed by atoms with Crippen LogP contribution >= 0.6 is 11.3 Å². The molecule has 1 amide bonds. The lowest BCUT2D eigenvalue weighted by molar-refractivity contribution is 0.102. The van der Waals surface area contributed by atoms with Crippen molar-refractivity contribution < 1.29 is 13.2 Å². The molecule has 1 fully saturated rings. The van der Waals surface area contributed by atoms with Crippen LogP contribution in [0.4, 0.5) is 10.8 Å². The number of amides is 1. The Hall–Kier alpha value is -2.75. The largest absolute Gasteiger partial charge is 0.299 e. The first-order valence-electron chi connectivity index (χ1n) is 10.5. The zero-order chi connectivity index (χ0) is 22.6. The number of benzene rings is 2. The highest BCUT2D eigenvalue weighted by Gasteiger charge is 2.13. The minimum Gasteiger partial charge on any atom is -0.299 e. The van der Waals surface area contributed by atoms with Crippen LogP contribution in [-0.2, 0) is 16.6 Å². The van der Waals surface area contributed by atoms with Gasteiger partial charge in [0.05, 0.1) is 11.9 Å². The summed E-state index contributed by atoms with van der Waals surface area (Å²) in [4.78, 5) is 19.6. The molecule has 1 saturated heterocycles. The van der Waals surface area contributed by atoms with Crippen LogP contribution in [0.2, 0.25) is 0 Å². The Morgan fingerprint density at radius 1 is 1.03 bits per heavy atom. The van der Waals surface area contributed by atoms with E-state index in [9.17, 15) is 13.2 Å². The molecule has 2 N–H and O–H groups in total. The van der Waals surface area contributed by atoms with Crippen LogP contribution in [-0.4, -0.2) is 43.6 Å². The first-order valence-corrected chi connectivity index (χ1v) is 13.3. The molecule has 0 atom stereocenters. The van der Waals surface area contributed by atoms with Gasteiger partial charge in [-0.1, -0.05) is 30.7 Å². The molecule has 2 aromatic carbocycles. The summed E-state index contributed by atoms with van der Waals surface area (Å²) >= 11 is 1.35. The van der Waals surface area contributed by atoms with Gasteiger partial charge in [0.2, 0.25) is 10.0 Å². The van der Waals surface area contributed by atoms with E-state index in [1.807, 2.05) is 29.6 Å². The van der Waals surface area contributed by atoms with Gasteiger partial charge < -0.3 is 0 Å². The summed E-state index contributed by atoms with van der Waals surface area (Å²) in [6.07, 6.45) is 4.95. The molecule has 0 spiro atoms. The van der Waals surface area contributed by atoms with Crippen LogP contribution in [0.15, 0.2) is 53.9 Å². The number of thiazole rings is 1. The van der Waals surface area contributed by atoms with Crippen LogP contribution < -0.4 is 10.0 Å². The predicted octanol–water partition coefficient (Wildman–Crippen LogP) is 4.42. The molecule has 7 nitrogen and oxygen atoms in total. The summed E-state index contributed by atoms with van der Waals surface area (Å²) in [6, 6.07) is 14.7. The van der Waals surface area contributed by atoms with Gasteiger partial charge in [0.1, 0.15) is 0 Å². The minimum absolute atomic E-state index is 0.192. The standard InChI is InChI=1S/C23H26N4O3S2/c1-32(29,30)26-20-11-9-18(10-12-20)21-16-31-23(24-21)25-22(28)19-7-5-17(6-8-19)15-27-13-3-2-4-14-27/h5-12,16,26H,2-4,13-15H2,1H3,(H,24,25,28). The third-order valence-electron chi connectivity index (χ3n) is 5.28. The van der Waals surface area contributed by atoms with Crippen molar-refractivity contribution in [1.82, 2.24) is 9.88 Å². The molecular weight excluding hydrogens is 444 g/mol. The molecule has 0 radical (unpaired) electrons. The van der Waals surface area contributed by atoms with E-state index < -0.39 is 10.0 Å². The first-order chi connectivity index (χ1) is 15.4. The molecule has 1 aliphatic rings. The topological polar surface area (TPSA) is 91.4 Å². The molecular formula is C23H26N4O3S2. The number of hydrogen-bond donors (Lipinski definition) is 2. The van der Waals surface area contributed by atoms with Gasteiger partial charge in [-0.25, -0.2) is 13.4 Å². The van der Waals surface area contributed by atoms with Crippen LogP contribution in [0.25, 0.3) is 11.3 Å². The number of anilines is 2. The summed E-state index contributed by atoms with van der Waals surface area (Å²) < 4.78 is 25.1. The fourth-order valence-corrected chi connectivity index (χ4v) is 4.97. The number of sulfonamides is 1. The van der Waals surface area contributed by atoms with Crippen molar-refractivity contribution >= 4 is 38.1 Å². The molecule has 1 aromatic heterocycles. The molecule has 0 saturated carbocycles. The molecule has 1 aliphatic heterocycles. The van der Waals surface area contributed by atoms with Crippen molar-refractivity contribution in [1.29, 1.82) is 0 Å². The van der Waals surface area contributed by atoms with Gasteiger partial charge >= 0.3 is 0 Å². The molecule has 2 heterocycles. The molecule has 0 unspecified atom stereocenters. The number of carbonyl (C=O) groups is 1. The molecule has 0 bridgehead atoms. The lowest BCUT2D eigenvalue weighted by atomic mass is 10.1. The Balaban J connectivity index is 1.36. The summed E-state index contributed by atoms with van der Waals surface area (Å²) in [6.45, 7) is 3.22. The number of nitrogens with zero attached hydrogens (tertiary/aromatic N) is 2. The predicted molar refractivity (Wildman–Crippen MR) is 130 cm³/mol. The normalized spacial score (nSPS) is 14.8. The van der Waals surface area contributed by atoms with Crippen molar-refractivity contribution in [3.63, 3.8) is 0 Å². The Morgan fingerprint density at radius 2 is 1.72 bits per heavy atom. The highest BCUT2D eigenvalue weighted by Crippen LogP contribution is 2.26. The van der Waals surface area contributed by atoms with Gasteiger partial charge in [-0.05, 0) is 55.8 Å². The van der Waals surface area contributed by atoms with Crippen molar-refractivity contribution in [2.24, 2.45) is 0 Å². The second kappa shape index (κ2) is 9.81. The van der Waals surface area contributed by atoms with E-state index in [1.165, 1.54) is 36.2 Å². The number of rotatable bonds is 7. The molecule has 3 aromatic rings. The third kappa shape index (κ3) is 6.15. The number of piperidine rings is 1. The highest BCUT2D eigenvalue weighted by molar-refractivity contribution is 7.92. The van der Waals surface area contributed by atoms with Crippen LogP contribution in [0.5, 0.6) is 0 Å². The van der Waals surface area contributed by atoms with Crippen molar-refractivity contribution in [3.8, 4) is 11.3 Å². The maximum Gasteiger partial charge on any atom is 0.257 e. The van der Waals surface area contributed by atoms with E-state index in [0.29, 0.717) is 22.1 Å². The number of aromatic nitrogens is 1. The summed E-state index contributed by atoms with van der Waals surface area (Å²) in [7, 11) is -3.31. The highest BCUT2D eigenvalue weighted by atomic mass is 32.2. The van der Waals surface area contributed by atoms with Gasteiger partial charge in [0.15, 0.2) is 5.13 Å². The molecule has 0 aliphatic carbocycles. The minimum atomic E-state index is -3.31. The molecule has 9 heteroatoms. The monoisotopic (exact) mass is 470 g/mol. The fourth-order valence-electron chi connectivity index (χ4n) is 3.69. The Labute approximate surface area is 192 Å². The van der Waals surface area contributed by atoms with Gasteiger partial charge in [-0.2, -0.15) is 0 Å². The first kappa shape index (κ1) is 22.4. The Bertz CT molecular complexity index is 1170. The lowest BCUT2D eigenvalue weighted by Gasteiger charge is -2.26. The Morgan fingerprint density at radius 3 is 2.38 bits per heavy atom. The Kier molecular flexibility index (Phi) is 6.88. The van der Waals surface area contributed by atoms with E-state index >= 15 is 0 Å². The van der Waals surface area contributed by atoms with Gasteiger partial charge in [-0.15, -0.1) is 11.3 Å². The van der Waals surface area contributed by atoms with Crippen molar-refractivity contribution in [2.45, 2.75) is 25.8 Å². The van der Waals surface area contributed by atoms with Gasteiger partial charge in [-0.3, -0.25) is 19.7 Å². The van der Waals surface area contributed by atoms with Gasteiger partial charge in [0.25, 0.3) is 5.91 Å². The van der Waals surface area contributed by atoms with E-state index in [1.54, 1.807) is 24.3 Å². The maximum atomic E-state index is 12.6. The summed E-state index contributed by atoms with van der Waals surface area (Å²) in [5, 5.41) is 5.23.